The third kappa shape index (κ3) is 5.65. The molecule has 3 nitrogen and oxygen atoms in total. The quantitative estimate of drug-likeness (QED) is 0.691. The van der Waals surface area contributed by atoms with Gasteiger partial charge in [0.25, 0.3) is 0 Å². The summed E-state index contributed by atoms with van der Waals surface area (Å²) < 4.78 is 6.48. The van der Waals surface area contributed by atoms with Crippen LogP contribution in [0.4, 0.5) is 0 Å². The lowest BCUT2D eigenvalue weighted by Crippen LogP contribution is -2.40. The van der Waals surface area contributed by atoms with Crippen molar-refractivity contribution in [2.75, 3.05) is 32.8 Å². The molecule has 1 aliphatic heterocycles. The van der Waals surface area contributed by atoms with E-state index in [9.17, 15) is 5.11 Å². The van der Waals surface area contributed by atoms with E-state index >= 15 is 0 Å². The molecule has 0 spiro atoms. The molecular formula is C22H28BrNO2. The summed E-state index contributed by atoms with van der Waals surface area (Å²) in [6, 6.07) is 18.7. The highest BCUT2D eigenvalue weighted by atomic mass is 79.9. The summed E-state index contributed by atoms with van der Waals surface area (Å²) in [4.78, 5) is 2.39. The average molecular weight is 418 g/mol. The predicted octanol–water partition coefficient (Wildman–Crippen LogP) is 4.38. The second-order valence-corrected chi connectivity index (χ2v) is 8.00. The fraction of sp³-hybridized carbons (Fsp3) is 0.455. The number of hydrogen-bond donors (Lipinski definition) is 1. The molecule has 1 N–H and O–H groups in total. The molecule has 1 atom stereocenters. The van der Waals surface area contributed by atoms with Crippen LogP contribution in [0.3, 0.4) is 0 Å². The highest BCUT2D eigenvalue weighted by Crippen LogP contribution is 2.32. The van der Waals surface area contributed by atoms with Crippen LogP contribution >= 0.6 is 15.9 Å². The molecule has 1 heterocycles. The van der Waals surface area contributed by atoms with Gasteiger partial charge in [-0.15, -0.1) is 0 Å². The number of ether oxygens (including phenoxy) is 1. The monoisotopic (exact) mass is 417 g/mol. The second-order valence-electron chi connectivity index (χ2n) is 7.08. The fourth-order valence-corrected chi connectivity index (χ4v) is 3.84. The fourth-order valence-electron chi connectivity index (χ4n) is 3.57. The van der Waals surface area contributed by atoms with Gasteiger partial charge in [0, 0.05) is 24.1 Å². The zero-order chi connectivity index (χ0) is 18.2. The number of aliphatic hydroxyl groups is 1. The van der Waals surface area contributed by atoms with Gasteiger partial charge >= 0.3 is 0 Å². The van der Waals surface area contributed by atoms with Gasteiger partial charge in [-0.3, -0.25) is 4.90 Å². The van der Waals surface area contributed by atoms with Gasteiger partial charge in [0.1, 0.15) is 0 Å². The summed E-state index contributed by atoms with van der Waals surface area (Å²) in [5.41, 5.74) is 1.56. The first-order valence-electron chi connectivity index (χ1n) is 9.48. The average Bonchev–Trinajstić information content (AvgIpc) is 2.69. The Kier molecular flexibility index (Phi) is 7.26. The van der Waals surface area contributed by atoms with Gasteiger partial charge in [-0.1, -0.05) is 58.4 Å². The van der Waals surface area contributed by atoms with Crippen LogP contribution in [0, 0.1) is 0 Å². The van der Waals surface area contributed by atoms with Gasteiger partial charge < -0.3 is 9.84 Å². The molecule has 140 valence electrons. The van der Waals surface area contributed by atoms with Crippen molar-refractivity contribution >= 4 is 15.9 Å². The molecule has 3 rings (SSSR count). The Bertz CT molecular complexity index is 656. The van der Waals surface area contributed by atoms with Gasteiger partial charge in [-0.25, -0.2) is 0 Å². The van der Waals surface area contributed by atoms with E-state index in [2.05, 4.69) is 45.1 Å². The predicted molar refractivity (Wildman–Crippen MR) is 109 cm³/mol. The van der Waals surface area contributed by atoms with Gasteiger partial charge in [-0.05, 0) is 48.9 Å². The summed E-state index contributed by atoms with van der Waals surface area (Å²) in [5, 5.41) is 11.5. The zero-order valence-electron chi connectivity index (χ0n) is 15.2. The topological polar surface area (TPSA) is 32.7 Å². The molecule has 0 aromatic heterocycles. The smallest absolute Gasteiger partial charge is 0.0908 e. The van der Waals surface area contributed by atoms with E-state index in [1.807, 2.05) is 30.3 Å². The Morgan fingerprint density at radius 1 is 0.962 bits per heavy atom. The molecule has 0 aliphatic carbocycles. The number of morpholine rings is 1. The maximum absolute atomic E-state index is 11.5. The molecule has 4 heteroatoms. The van der Waals surface area contributed by atoms with Crippen molar-refractivity contribution in [3.63, 3.8) is 0 Å². The number of hydrogen-bond acceptors (Lipinski definition) is 3. The normalized spacial score (nSPS) is 17.8. The third-order valence-electron chi connectivity index (χ3n) is 5.23. The molecule has 2 aromatic carbocycles. The van der Waals surface area contributed by atoms with E-state index in [4.69, 9.17) is 4.74 Å². The molecule has 0 unspecified atom stereocenters. The Morgan fingerprint density at radius 3 is 2.35 bits per heavy atom. The van der Waals surface area contributed by atoms with Crippen molar-refractivity contribution in [2.45, 2.75) is 31.3 Å². The van der Waals surface area contributed by atoms with Gasteiger partial charge in [0.15, 0.2) is 0 Å². The molecule has 0 radical (unpaired) electrons. The summed E-state index contributed by atoms with van der Waals surface area (Å²) in [6.45, 7) is 4.41. The first kappa shape index (κ1) is 19.6. The highest BCUT2D eigenvalue weighted by Gasteiger charge is 2.29. The first-order valence-corrected chi connectivity index (χ1v) is 10.3. The van der Waals surface area contributed by atoms with Crippen LogP contribution in [0.2, 0.25) is 0 Å². The van der Waals surface area contributed by atoms with E-state index in [1.165, 1.54) is 5.56 Å². The summed E-state index contributed by atoms with van der Waals surface area (Å²) in [5.74, 6) is 0. The summed E-state index contributed by atoms with van der Waals surface area (Å²) in [6.07, 6.45) is 3.49. The maximum Gasteiger partial charge on any atom is 0.0908 e. The minimum atomic E-state index is -0.784. The lowest BCUT2D eigenvalue weighted by molar-refractivity contribution is -0.0109. The second kappa shape index (κ2) is 9.65. The van der Waals surface area contributed by atoms with Crippen molar-refractivity contribution in [1.29, 1.82) is 0 Å². The van der Waals surface area contributed by atoms with Gasteiger partial charge in [0.2, 0.25) is 0 Å². The Balaban J connectivity index is 1.64. The molecular weight excluding hydrogens is 390 g/mol. The number of aryl methyl sites for hydroxylation is 1. The van der Waals surface area contributed by atoms with Crippen molar-refractivity contribution in [3.05, 3.63) is 70.2 Å². The lowest BCUT2D eigenvalue weighted by Gasteiger charge is -2.33. The Morgan fingerprint density at radius 2 is 1.65 bits per heavy atom. The molecule has 1 fully saturated rings. The van der Waals surface area contributed by atoms with E-state index in [-0.39, 0.29) is 0 Å². The van der Waals surface area contributed by atoms with Crippen LogP contribution in [0.25, 0.3) is 0 Å². The van der Waals surface area contributed by atoms with Crippen LogP contribution < -0.4 is 0 Å². The Hall–Kier alpha value is -1.20. The van der Waals surface area contributed by atoms with Crippen molar-refractivity contribution < 1.29 is 9.84 Å². The minimum absolute atomic E-state index is 0.753. The van der Waals surface area contributed by atoms with Crippen molar-refractivity contribution in [2.24, 2.45) is 0 Å². The van der Waals surface area contributed by atoms with E-state index in [1.54, 1.807) is 0 Å². The molecule has 1 saturated heterocycles. The number of nitrogens with zero attached hydrogens (tertiary/aromatic N) is 1. The largest absolute Gasteiger partial charge is 0.385 e. The molecule has 2 aromatic rings. The molecule has 0 amide bonds. The first-order chi connectivity index (χ1) is 12.7. The zero-order valence-corrected chi connectivity index (χ0v) is 16.8. The summed E-state index contributed by atoms with van der Waals surface area (Å²) >= 11 is 3.49. The molecule has 0 saturated carbocycles. The van der Waals surface area contributed by atoms with Gasteiger partial charge in [0.05, 0.1) is 18.8 Å². The minimum Gasteiger partial charge on any atom is -0.385 e. The third-order valence-corrected chi connectivity index (χ3v) is 5.75. The van der Waals surface area contributed by atoms with Gasteiger partial charge in [-0.2, -0.15) is 0 Å². The Labute approximate surface area is 165 Å². The van der Waals surface area contributed by atoms with Crippen LogP contribution in [0.1, 0.15) is 30.4 Å². The SMILES string of the molecule is O[C@](CCCc1ccccc1)(CCN1CCOCC1)c1ccc(Br)cc1. The van der Waals surface area contributed by atoms with E-state index in [0.29, 0.717) is 0 Å². The maximum atomic E-state index is 11.5. The van der Waals surface area contributed by atoms with Crippen molar-refractivity contribution in [3.8, 4) is 0 Å². The number of rotatable bonds is 8. The van der Waals surface area contributed by atoms with Crippen LogP contribution in [-0.2, 0) is 16.8 Å². The van der Waals surface area contributed by atoms with E-state index in [0.717, 1.165) is 68.6 Å². The van der Waals surface area contributed by atoms with Crippen LogP contribution in [0.5, 0.6) is 0 Å². The molecule has 1 aliphatic rings. The summed E-state index contributed by atoms with van der Waals surface area (Å²) in [7, 11) is 0. The molecule has 0 bridgehead atoms. The van der Waals surface area contributed by atoms with E-state index < -0.39 is 5.60 Å². The standard InChI is InChI=1S/C22H28BrNO2/c23-21-10-8-20(9-11-21)22(25,13-14-24-15-17-26-18-16-24)12-4-7-19-5-2-1-3-6-19/h1-3,5-6,8-11,25H,4,7,12-18H2/t22-/m1/s1. The highest BCUT2D eigenvalue weighted by molar-refractivity contribution is 9.10. The number of benzene rings is 2. The van der Waals surface area contributed by atoms with Crippen LogP contribution in [0.15, 0.2) is 59.1 Å². The number of halogens is 1. The van der Waals surface area contributed by atoms with Crippen LogP contribution in [-0.4, -0.2) is 42.9 Å². The lowest BCUT2D eigenvalue weighted by atomic mass is 9.85. The van der Waals surface area contributed by atoms with Crippen molar-refractivity contribution in [1.82, 2.24) is 4.90 Å². The molecule has 26 heavy (non-hydrogen) atoms.